The van der Waals surface area contributed by atoms with Gasteiger partial charge in [-0.3, -0.25) is 4.79 Å². The molecule has 0 bridgehead atoms. The van der Waals surface area contributed by atoms with Gasteiger partial charge in [0.05, 0.1) is 10.6 Å². The van der Waals surface area contributed by atoms with E-state index in [2.05, 4.69) is 4.98 Å². The van der Waals surface area contributed by atoms with Gasteiger partial charge in [0.25, 0.3) is 5.91 Å². The highest BCUT2D eigenvalue weighted by Gasteiger charge is 2.36. The molecular weight excluding hydrogens is 235 g/mol. The van der Waals surface area contributed by atoms with Crippen molar-refractivity contribution in [2.75, 3.05) is 5.73 Å². The fraction of sp³-hybridized carbons (Fsp3) is 0.143. The largest absolute Gasteiger partial charge is 0.434 e. The zero-order valence-electron chi connectivity index (χ0n) is 7.10. The Morgan fingerprint density at radius 2 is 2.00 bits per heavy atom. The Bertz CT molecular complexity index is 419. The predicted octanol–water partition coefficient (Wildman–Crippen LogP) is 1.43. The summed E-state index contributed by atoms with van der Waals surface area (Å²) in [4.78, 5) is 13.7. The zero-order chi connectivity index (χ0) is 11.8. The van der Waals surface area contributed by atoms with E-state index < -0.39 is 28.6 Å². The standard InChI is InChI=1S/C7H5ClF3N3O/c8-3-1-2(6(13)15)5(12)14-4(3)7(9,10)11/h1H,(H2,12,14)(H2,13,15). The average molecular weight is 240 g/mol. The predicted molar refractivity (Wildman–Crippen MR) is 47.2 cm³/mol. The minimum absolute atomic E-state index is 0.340. The number of anilines is 1. The molecule has 0 spiro atoms. The van der Waals surface area contributed by atoms with Crippen LogP contribution in [0.15, 0.2) is 6.07 Å². The number of rotatable bonds is 1. The number of halogens is 4. The normalized spacial score (nSPS) is 11.5. The molecule has 0 atom stereocenters. The second-order valence-electron chi connectivity index (χ2n) is 2.61. The Morgan fingerprint density at radius 1 is 1.47 bits per heavy atom. The molecule has 0 aliphatic carbocycles. The molecule has 0 aliphatic rings. The number of amides is 1. The summed E-state index contributed by atoms with van der Waals surface area (Å²) in [5.41, 5.74) is 8.28. The highest BCUT2D eigenvalue weighted by molar-refractivity contribution is 6.31. The smallest absolute Gasteiger partial charge is 0.383 e. The van der Waals surface area contributed by atoms with E-state index in [0.29, 0.717) is 0 Å². The van der Waals surface area contributed by atoms with Crippen LogP contribution in [0.1, 0.15) is 16.1 Å². The van der Waals surface area contributed by atoms with Gasteiger partial charge in [-0.1, -0.05) is 11.6 Å². The van der Waals surface area contributed by atoms with Gasteiger partial charge in [-0.25, -0.2) is 4.98 Å². The van der Waals surface area contributed by atoms with Crippen molar-refractivity contribution in [1.82, 2.24) is 4.98 Å². The first kappa shape index (κ1) is 11.6. The van der Waals surface area contributed by atoms with Gasteiger partial charge in [0.15, 0.2) is 5.69 Å². The molecule has 0 saturated heterocycles. The second kappa shape index (κ2) is 3.58. The number of alkyl halides is 3. The third kappa shape index (κ3) is 2.30. The van der Waals surface area contributed by atoms with Gasteiger partial charge in [-0.05, 0) is 6.07 Å². The van der Waals surface area contributed by atoms with E-state index in [1.54, 1.807) is 0 Å². The van der Waals surface area contributed by atoms with Gasteiger partial charge >= 0.3 is 6.18 Å². The topological polar surface area (TPSA) is 82.0 Å². The number of carbonyl (C=O) groups excluding carboxylic acids is 1. The van der Waals surface area contributed by atoms with Crippen LogP contribution in [0.3, 0.4) is 0 Å². The fourth-order valence-electron chi connectivity index (χ4n) is 0.899. The lowest BCUT2D eigenvalue weighted by atomic mass is 10.2. The number of nitrogen functional groups attached to an aromatic ring is 1. The Morgan fingerprint density at radius 3 is 2.40 bits per heavy atom. The first-order chi connectivity index (χ1) is 6.73. The molecule has 1 rings (SSSR count). The third-order valence-corrected chi connectivity index (χ3v) is 1.83. The van der Waals surface area contributed by atoms with Crippen molar-refractivity contribution >= 4 is 23.3 Å². The van der Waals surface area contributed by atoms with Gasteiger partial charge < -0.3 is 11.5 Å². The number of hydrogen-bond donors (Lipinski definition) is 2. The molecule has 1 aromatic rings. The summed E-state index contributed by atoms with van der Waals surface area (Å²) in [7, 11) is 0. The maximum Gasteiger partial charge on any atom is 0.434 e. The molecule has 0 radical (unpaired) electrons. The van der Waals surface area contributed by atoms with E-state index in [-0.39, 0.29) is 5.56 Å². The molecule has 0 aliphatic heterocycles. The van der Waals surface area contributed by atoms with E-state index >= 15 is 0 Å². The number of pyridine rings is 1. The summed E-state index contributed by atoms with van der Waals surface area (Å²) in [6, 6.07) is 0.745. The Labute approximate surface area is 87.0 Å². The summed E-state index contributed by atoms with van der Waals surface area (Å²) in [5, 5.41) is -0.717. The third-order valence-electron chi connectivity index (χ3n) is 1.54. The van der Waals surface area contributed by atoms with Crippen LogP contribution < -0.4 is 11.5 Å². The Hall–Kier alpha value is -1.50. The number of primary amides is 1. The minimum Gasteiger partial charge on any atom is -0.383 e. The number of aromatic nitrogens is 1. The zero-order valence-corrected chi connectivity index (χ0v) is 7.86. The summed E-state index contributed by atoms with van der Waals surface area (Å²) >= 11 is 5.28. The number of nitrogens with two attached hydrogens (primary N) is 2. The monoisotopic (exact) mass is 239 g/mol. The first-order valence-electron chi connectivity index (χ1n) is 3.56. The van der Waals surface area contributed by atoms with Crippen molar-refractivity contribution in [3.8, 4) is 0 Å². The summed E-state index contributed by atoms with van der Waals surface area (Å²) in [5.74, 6) is -1.59. The lowest BCUT2D eigenvalue weighted by Crippen LogP contribution is -2.18. The lowest BCUT2D eigenvalue weighted by Gasteiger charge is -2.10. The molecule has 4 N–H and O–H groups in total. The van der Waals surface area contributed by atoms with Gasteiger partial charge in [-0.2, -0.15) is 13.2 Å². The van der Waals surface area contributed by atoms with Crippen LogP contribution in [0.25, 0.3) is 0 Å². The fourth-order valence-corrected chi connectivity index (χ4v) is 1.16. The molecule has 0 fully saturated rings. The minimum atomic E-state index is -4.72. The van der Waals surface area contributed by atoms with Gasteiger partial charge in [-0.15, -0.1) is 0 Å². The Kier molecular flexibility index (Phi) is 2.76. The van der Waals surface area contributed by atoms with Gasteiger partial charge in [0.2, 0.25) is 0 Å². The number of hydrogen-bond acceptors (Lipinski definition) is 3. The first-order valence-corrected chi connectivity index (χ1v) is 3.94. The maximum atomic E-state index is 12.2. The van der Waals surface area contributed by atoms with Crippen LogP contribution >= 0.6 is 11.6 Å². The van der Waals surface area contributed by atoms with Gasteiger partial charge in [0, 0.05) is 0 Å². The van der Waals surface area contributed by atoms with Crippen LogP contribution in [-0.4, -0.2) is 10.9 Å². The number of carbonyl (C=O) groups is 1. The summed E-state index contributed by atoms with van der Waals surface area (Å²) in [6.45, 7) is 0. The van der Waals surface area contributed by atoms with E-state index in [1.807, 2.05) is 0 Å². The van der Waals surface area contributed by atoms with Crippen LogP contribution in [-0.2, 0) is 6.18 Å². The molecule has 1 heterocycles. The molecule has 0 unspecified atom stereocenters. The van der Waals surface area contributed by atoms with Crippen molar-refractivity contribution in [1.29, 1.82) is 0 Å². The van der Waals surface area contributed by atoms with Crippen molar-refractivity contribution in [3.63, 3.8) is 0 Å². The molecule has 4 nitrogen and oxygen atoms in total. The van der Waals surface area contributed by atoms with Crippen LogP contribution in [0.5, 0.6) is 0 Å². The lowest BCUT2D eigenvalue weighted by molar-refractivity contribution is -0.141. The van der Waals surface area contributed by atoms with Crippen LogP contribution in [0, 0.1) is 0 Å². The molecule has 8 heteroatoms. The molecule has 0 saturated carbocycles. The molecule has 15 heavy (non-hydrogen) atoms. The molecular formula is C7H5ClF3N3O. The Balaban J connectivity index is 3.39. The van der Waals surface area contributed by atoms with E-state index in [9.17, 15) is 18.0 Å². The van der Waals surface area contributed by atoms with E-state index in [1.165, 1.54) is 0 Å². The quantitative estimate of drug-likeness (QED) is 0.778. The number of nitrogens with zero attached hydrogens (tertiary/aromatic N) is 1. The molecule has 0 aromatic carbocycles. The summed E-state index contributed by atoms with van der Waals surface area (Å²) in [6.07, 6.45) is -4.72. The maximum absolute atomic E-state index is 12.2. The summed E-state index contributed by atoms with van der Waals surface area (Å²) < 4.78 is 36.7. The van der Waals surface area contributed by atoms with Crippen LogP contribution in [0.4, 0.5) is 19.0 Å². The molecule has 1 amide bonds. The van der Waals surface area contributed by atoms with Crippen molar-refractivity contribution < 1.29 is 18.0 Å². The highest BCUT2D eigenvalue weighted by atomic mass is 35.5. The average Bonchev–Trinajstić information content (AvgIpc) is 2.06. The second-order valence-corrected chi connectivity index (χ2v) is 3.02. The van der Waals surface area contributed by atoms with Crippen molar-refractivity contribution in [2.24, 2.45) is 5.73 Å². The highest BCUT2D eigenvalue weighted by Crippen LogP contribution is 2.34. The SMILES string of the molecule is NC(=O)c1cc(Cl)c(C(F)(F)F)nc1N. The van der Waals surface area contributed by atoms with Crippen molar-refractivity contribution in [2.45, 2.75) is 6.18 Å². The van der Waals surface area contributed by atoms with E-state index in [4.69, 9.17) is 23.1 Å². The van der Waals surface area contributed by atoms with Crippen LogP contribution in [0.2, 0.25) is 5.02 Å². The molecule has 82 valence electrons. The van der Waals surface area contributed by atoms with Gasteiger partial charge in [0.1, 0.15) is 5.82 Å². The van der Waals surface area contributed by atoms with E-state index in [0.717, 1.165) is 6.07 Å². The van der Waals surface area contributed by atoms with Crippen molar-refractivity contribution in [3.05, 3.63) is 22.3 Å². The molecule has 1 aromatic heterocycles.